The van der Waals surface area contributed by atoms with Gasteiger partial charge >= 0.3 is 0 Å². The molecule has 0 radical (unpaired) electrons. The van der Waals surface area contributed by atoms with Crippen LogP contribution in [0, 0.1) is 11.3 Å². The lowest BCUT2D eigenvalue weighted by atomic mass is 10.1. The first-order valence-corrected chi connectivity index (χ1v) is 11.1. The van der Waals surface area contributed by atoms with Crippen LogP contribution in [0.1, 0.15) is 31.8 Å². The van der Waals surface area contributed by atoms with Crippen LogP contribution in [0.5, 0.6) is 0 Å². The van der Waals surface area contributed by atoms with E-state index in [2.05, 4.69) is 21.9 Å². The zero-order chi connectivity index (χ0) is 21.6. The van der Waals surface area contributed by atoms with Gasteiger partial charge in [-0.15, -0.1) is 11.3 Å². The van der Waals surface area contributed by atoms with Crippen LogP contribution in [-0.2, 0) is 5.75 Å². The number of thiazole rings is 1. The van der Waals surface area contributed by atoms with Gasteiger partial charge in [-0.25, -0.2) is 4.98 Å². The molecular weight excluding hydrogens is 428 g/mol. The van der Waals surface area contributed by atoms with Crippen LogP contribution in [-0.4, -0.2) is 16.8 Å². The summed E-state index contributed by atoms with van der Waals surface area (Å²) in [7, 11) is 0. The Hall–Kier alpha value is -3.67. The quantitative estimate of drug-likeness (QED) is 0.348. The van der Waals surface area contributed by atoms with Gasteiger partial charge in [-0.05, 0) is 48.0 Å². The second kappa shape index (κ2) is 9.43. The number of hydrogen-bond donors (Lipinski definition) is 2. The Morgan fingerprint density at radius 2 is 1.68 bits per heavy atom. The molecule has 2 N–H and O–H groups in total. The lowest BCUT2D eigenvalue weighted by Gasteiger charge is -2.08. The highest BCUT2D eigenvalue weighted by atomic mass is 32.2. The minimum atomic E-state index is -0.491. The number of fused-ring (bicyclic) bond motifs is 1. The Kier molecular flexibility index (Phi) is 6.26. The van der Waals surface area contributed by atoms with E-state index in [0.717, 1.165) is 21.2 Å². The molecule has 0 aliphatic carbocycles. The van der Waals surface area contributed by atoms with Crippen LogP contribution in [0.3, 0.4) is 0 Å². The average molecular weight is 445 g/mol. The number of thioether (sulfide) groups is 1. The molecule has 0 aliphatic heterocycles. The van der Waals surface area contributed by atoms with Crippen molar-refractivity contribution in [1.82, 2.24) is 15.8 Å². The smallest absolute Gasteiger partial charge is 0.267 e. The molecule has 0 spiro atoms. The topological polar surface area (TPSA) is 94.9 Å². The second-order valence-corrected chi connectivity index (χ2v) is 8.79. The number of carbonyl (C=O) groups is 2. The number of amides is 2. The van der Waals surface area contributed by atoms with E-state index in [1.807, 2.05) is 36.4 Å². The molecule has 1 heterocycles. The summed E-state index contributed by atoms with van der Waals surface area (Å²) >= 11 is 3.32. The molecular formula is C23H16N4O2S2. The van der Waals surface area contributed by atoms with Gasteiger partial charge in [-0.3, -0.25) is 20.4 Å². The van der Waals surface area contributed by atoms with Crippen LogP contribution in [0.15, 0.2) is 77.1 Å². The first-order chi connectivity index (χ1) is 15.1. The number of aromatic nitrogens is 1. The van der Waals surface area contributed by atoms with Crippen LogP contribution < -0.4 is 10.9 Å². The monoisotopic (exact) mass is 444 g/mol. The first-order valence-electron chi connectivity index (χ1n) is 9.30. The van der Waals surface area contributed by atoms with Crippen molar-refractivity contribution in [2.75, 3.05) is 0 Å². The molecule has 8 heteroatoms. The fourth-order valence-corrected chi connectivity index (χ4v) is 4.82. The SMILES string of the molecule is N#Cc1cccc(C(=O)NNC(=O)c2ccc(CSc3nc4ccccc4s3)cc2)c1. The Morgan fingerprint density at radius 1 is 0.935 bits per heavy atom. The molecule has 1 aromatic heterocycles. The molecule has 31 heavy (non-hydrogen) atoms. The molecule has 0 saturated carbocycles. The van der Waals surface area contributed by atoms with Gasteiger partial charge in [0.1, 0.15) is 0 Å². The van der Waals surface area contributed by atoms with E-state index in [4.69, 9.17) is 5.26 Å². The number of nitrogens with one attached hydrogen (secondary N) is 2. The highest BCUT2D eigenvalue weighted by Gasteiger charge is 2.10. The summed E-state index contributed by atoms with van der Waals surface area (Å²) in [6, 6.07) is 23.5. The molecule has 0 aliphatic rings. The molecule has 2 amide bonds. The minimum Gasteiger partial charge on any atom is -0.267 e. The fraction of sp³-hybridized carbons (Fsp3) is 0.0435. The maximum Gasteiger partial charge on any atom is 0.269 e. The van der Waals surface area contributed by atoms with Gasteiger partial charge in [0.15, 0.2) is 4.34 Å². The van der Waals surface area contributed by atoms with E-state index >= 15 is 0 Å². The summed E-state index contributed by atoms with van der Waals surface area (Å²) in [4.78, 5) is 29.1. The third kappa shape index (κ3) is 5.09. The minimum absolute atomic E-state index is 0.293. The Labute approximate surface area is 186 Å². The predicted molar refractivity (Wildman–Crippen MR) is 122 cm³/mol. The van der Waals surface area contributed by atoms with E-state index in [9.17, 15) is 9.59 Å². The Morgan fingerprint density at radius 3 is 2.42 bits per heavy atom. The largest absolute Gasteiger partial charge is 0.269 e. The molecule has 3 aromatic carbocycles. The zero-order valence-corrected chi connectivity index (χ0v) is 17.8. The Balaban J connectivity index is 1.31. The van der Waals surface area contributed by atoms with Crippen LogP contribution in [0.4, 0.5) is 0 Å². The number of carbonyl (C=O) groups excluding carboxylic acids is 2. The van der Waals surface area contributed by atoms with Gasteiger partial charge in [0, 0.05) is 16.9 Å². The third-order valence-electron chi connectivity index (χ3n) is 4.40. The van der Waals surface area contributed by atoms with Gasteiger partial charge in [0.2, 0.25) is 0 Å². The van der Waals surface area contributed by atoms with Crippen LogP contribution in [0.25, 0.3) is 10.2 Å². The number of nitrogens with zero attached hydrogens (tertiary/aromatic N) is 2. The summed E-state index contributed by atoms with van der Waals surface area (Å²) in [5.74, 6) is -0.169. The number of rotatable bonds is 5. The standard InChI is InChI=1S/C23H16N4O2S2/c24-13-16-4-3-5-18(12-16)22(29)27-26-21(28)17-10-8-15(9-11-17)14-30-23-25-19-6-1-2-7-20(19)31-23/h1-12H,14H2,(H,26,28)(H,27,29). The van der Waals surface area contributed by atoms with Gasteiger partial charge in [-0.1, -0.05) is 42.1 Å². The molecule has 152 valence electrons. The van der Waals surface area contributed by atoms with Crippen LogP contribution in [0.2, 0.25) is 0 Å². The molecule has 0 unspecified atom stereocenters. The lowest BCUT2D eigenvalue weighted by molar-refractivity contribution is 0.0846. The highest BCUT2D eigenvalue weighted by Crippen LogP contribution is 2.31. The van der Waals surface area contributed by atoms with Crippen molar-refractivity contribution in [3.05, 3.63) is 95.1 Å². The highest BCUT2D eigenvalue weighted by molar-refractivity contribution is 8.00. The van der Waals surface area contributed by atoms with Gasteiger partial charge in [0.25, 0.3) is 11.8 Å². The predicted octanol–water partition coefficient (Wildman–Crippen LogP) is 4.54. The number of hydrogen-bond acceptors (Lipinski definition) is 6. The number of benzene rings is 3. The summed E-state index contributed by atoms with van der Waals surface area (Å²) < 4.78 is 2.17. The lowest BCUT2D eigenvalue weighted by Crippen LogP contribution is -2.41. The van der Waals surface area contributed by atoms with Gasteiger partial charge < -0.3 is 0 Å². The summed E-state index contributed by atoms with van der Waals surface area (Å²) in [6.45, 7) is 0. The summed E-state index contributed by atoms with van der Waals surface area (Å²) in [5, 5.41) is 8.91. The summed E-state index contributed by atoms with van der Waals surface area (Å²) in [5.41, 5.74) is 7.92. The molecule has 4 rings (SSSR count). The van der Waals surface area contributed by atoms with Crippen molar-refractivity contribution in [1.29, 1.82) is 5.26 Å². The maximum atomic E-state index is 12.3. The number of para-hydroxylation sites is 1. The van der Waals surface area contributed by atoms with E-state index in [0.29, 0.717) is 16.7 Å². The molecule has 0 saturated heterocycles. The van der Waals surface area contributed by atoms with Crippen molar-refractivity contribution in [2.45, 2.75) is 10.1 Å². The number of nitriles is 1. The van der Waals surface area contributed by atoms with Crippen molar-refractivity contribution in [3.63, 3.8) is 0 Å². The Bertz CT molecular complexity index is 1260. The van der Waals surface area contributed by atoms with Crippen molar-refractivity contribution in [2.24, 2.45) is 0 Å². The maximum absolute atomic E-state index is 12.3. The summed E-state index contributed by atoms with van der Waals surface area (Å²) in [6.07, 6.45) is 0. The zero-order valence-electron chi connectivity index (χ0n) is 16.2. The molecule has 4 aromatic rings. The number of hydrazine groups is 1. The molecule has 0 atom stereocenters. The first kappa shape index (κ1) is 20.6. The van der Waals surface area contributed by atoms with E-state index in [1.165, 1.54) is 10.8 Å². The van der Waals surface area contributed by atoms with Crippen molar-refractivity contribution >= 4 is 45.1 Å². The van der Waals surface area contributed by atoms with Gasteiger partial charge in [0.05, 0.1) is 21.8 Å². The second-order valence-electron chi connectivity index (χ2n) is 6.53. The van der Waals surface area contributed by atoms with Crippen molar-refractivity contribution < 1.29 is 9.59 Å². The van der Waals surface area contributed by atoms with E-state index < -0.39 is 11.8 Å². The molecule has 0 fully saturated rings. The van der Waals surface area contributed by atoms with Gasteiger partial charge in [-0.2, -0.15) is 5.26 Å². The molecule has 0 bridgehead atoms. The normalized spacial score (nSPS) is 10.4. The third-order valence-corrected chi connectivity index (χ3v) is 6.65. The van der Waals surface area contributed by atoms with Crippen LogP contribution >= 0.6 is 23.1 Å². The van der Waals surface area contributed by atoms with Crippen molar-refractivity contribution in [3.8, 4) is 6.07 Å². The fourth-order valence-electron chi connectivity index (χ4n) is 2.80. The van der Waals surface area contributed by atoms with E-state index in [1.54, 1.807) is 53.4 Å². The average Bonchev–Trinajstić information content (AvgIpc) is 3.24. The van der Waals surface area contributed by atoms with E-state index in [-0.39, 0.29) is 0 Å². The molecule has 6 nitrogen and oxygen atoms in total.